The minimum Gasteiger partial charge on any atom is -0.506 e. The summed E-state index contributed by atoms with van der Waals surface area (Å²) >= 11 is 3.14. The fraction of sp³-hybridized carbons (Fsp3) is 0.571. The fourth-order valence-electron chi connectivity index (χ4n) is 2.91. The summed E-state index contributed by atoms with van der Waals surface area (Å²) in [6.45, 7) is 3.92. The molecule has 3 nitrogen and oxygen atoms in total. The number of phenolic OH excluding ortho intramolecular Hbond substituents is 1. The van der Waals surface area contributed by atoms with Crippen molar-refractivity contribution in [2.75, 3.05) is 26.2 Å². The summed E-state index contributed by atoms with van der Waals surface area (Å²) in [5, 5.41) is 13.6. The summed E-state index contributed by atoms with van der Waals surface area (Å²) in [5.74, 6) is 0.257. The number of phenols is 1. The Kier molecular flexibility index (Phi) is 7.20. The predicted octanol–water partition coefficient (Wildman–Crippen LogP) is 3.49. The number of rotatable bonds is 3. The Morgan fingerprint density at radius 1 is 1.24 bits per heavy atom. The first-order valence-electron chi connectivity index (χ1n) is 6.80. The zero-order valence-electron chi connectivity index (χ0n) is 11.5. The molecule has 1 saturated heterocycles. The van der Waals surface area contributed by atoms with Crippen LogP contribution in [0.15, 0.2) is 16.6 Å². The van der Waals surface area contributed by atoms with E-state index >= 15 is 0 Å². The Labute approximate surface area is 145 Å². The highest BCUT2D eigenvalue weighted by Crippen LogP contribution is 2.48. The standard InChI is InChI=1S/C14H18BrFN2O.2ClH/c15-12-11(16)4-3-10(14(12)19)13(9-1-2-9)18-7-5-17-6-8-18;;/h3-4,9,13,17,19H,1-2,5-8H2;2*1H/t13-;;/m1../s1. The molecular weight excluding hydrogens is 382 g/mol. The molecule has 21 heavy (non-hydrogen) atoms. The molecule has 2 N–H and O–H groups in total. The predicted molar refractivity (Wildman–Crippen MR) is 90.2 cm³/mol. The molecule has 7 heteroatoms. The summed E-state index contributed by atoms with van der Waals surface area (Å²) in [4.78, 5) is 2.41. The molecule has 0 radical (unpaired) electrons. The SMILES string of the molecule is Cl.Cl.Oc1c([C@@H](C2CC2)N2CCNCC2)ccc(F)c1Br. The summed E-state index contributed by atoms with van der Waals surface area (Å²) in [7, 11) is 0. The van der Waals surface area contributed by atoms with E-state index in [4.69, 9.17) is 0 Å². The van der Waals surface area contributed by atoms with Crippen LogP contribution in [0.1, 0.15) is 24.4 Å². The van der Waals surface area contributed by atoms with Crippen LogP contribution in [0.25, 0.3) is 0 Å². The zero-order valence-corrected chi connectivity index (χ0v) is 14.7. The monoisotopic (exact) mass is 400 g/mol. The van der Waals surface area contributed by atoms with E-state index in [0.717, 1.165) is 31.7 Å². The Morgan fingerprint density at radius 2 is 1.86 bits per heavy atom. The average Bonchev–Trinajstić information content (AvgIpc) is 3.25. The lowest BCUT2D eigenvalue weighted by atomic mass is 9.98. The van der Waals surface area contributed by atoms with Gasteiger partial charge in [0.2, 0.25) is 0 Å². The Balaban J connectivity index is 0.00000110. The second kappa shape index (κ2) is 7.97. The van der Waals surface area contributed by atoms with E-state index in [0.29, 0.717) is 5.92 Å². The minimum absolute atomic E-state index is 0. The van der Waals surface area contributed by atoms with E-state index in [9.17, 15) is 9.50 Å². The van der Waals surface area contributed by atoms with Crippen molar-refractivity contribution < 1.29 is 9.50 Å². The van der Waals surface area contributed by atoms with Crippen LogP contribution in [0.5, 0.6) is 5.75 Å². The van der Waals surface area contributed by atoms with Gasteiger partial charge >= 0.3 is 0 Å². The molecule has 1 aromatic rings. The number of nitrogens with one attached hydrogen (secondary N) is 1. The van der Waals surface area contributed by atoms with E-state index in [-0.39, 0.29) is 41.1 Å². The first-order valence-corrected chi connectivity index (χ1v) is 7.59. The van der Waals surface area contributed by atoms with E-state index < -0.39 is 5.82 Å². The molecule has 1 heterocycles. The number of hydrogen-bond donors (Lipinski definition) is 2. The van der Waals surface area contributed by atoms with Crippen molar-refractivity contribution in [3.8, 4) is 5.75 Å². The van der Waals surface area contributed by atoms with Crippen molar-refractivity contribution in [2.24, 2.45) is 5.92 Å². The van der Waals surface area contributed by atoms with Gasteiger partial charge in [0.25, 0.3) is 0 Å². The summed E-state index contributed by atoms with van der Waals surface area (Å²) in [6, 6.07) is 3.40. The fourth-order valence-corrected chi connectivity index (χ4v) is 3.28. The van der Waals surface area contributed by atoms with Gasteiger partial charge in [-0.1, -0.05) is 6.07 Å². The molecule has 1 aliphatic heterocycles. The third-order valence-electron chi connectivity index (χ3n) is 4.03. The number of halogens is 4. The third-order valence-corrected chi connectivity index (χ3v) is 4.79. The molecule has 3 rings (SSSR count). The van der Waals surface area contributed by atoms with Gasteiger partial charge in [0.1, 0.15) is 11.6 Å². The summed E-state index contributed by atoms with van der Waals surface area (Å²) in [6.07, 6.45) is 2.39. The molecule has 2 aliphatic rings. The van der Waals surface area contributed by atoms with Crippen LogP contribution in [-0.2, 0) is 0 Å². The van der Waals surface area contributed by atoms with E-state index in [1.165, 1.54) is 18.9 Å². The molecule has 1 atom stereocenters. The highest BCUT2D eigenvalue weighted by molar-refractivity contribution is 9.10. The van der Waals surface area contributed by atoms with Crippen LogP contribution < -0.4 is 5.32 Å². The van der Waals surface area contributed by atoms with E-state index in [2.05, 4.69) is 26.1 Å². The Morgan fingerprint density at radius 3 is 2.43 bits per heavy atom. The molecule has 0 unspecified atom stereocenters. The molecule has 2 fully saturated rings. The van der Waals surface area contributed by atoms with Gasteiger partial charge in [-0.05, 0) is 40.8 Å². The normalized spacial score (nSPS) is 20.3. The minimum atomic E-state index is -0.406. The van der Waals surface area contributed by atoms with Gasteiger partial charge in [0.15, 0.2) is 0 Å². The molecule has 1 aromatic carbocycles. The molecule has 120 valence electrons. The van der Waals surface area contributed by atoms with E-state index in [1.54, 1.807) is 6.07 Å². The molecule has 0 spiro atoms. The van der Waals surface area contributed by atoms with Crippen molar-refractivity contribution >= 4 is 40.7 Å². The molecular formula is C14H20BrCl2FN2O. The van der Waals surface area contributed by atoms with Gasteiger partial charge in [0, 0.05) is 37.8 Å². The van der Waals surface area contributed by atoms with Gasteiger partial charge < -0.3 is 10.4 Å². The quantitative estimate of drug-likeness (QED) is 0.813. The highest BCUT2D eigenvalue weighted by Gasteiger charge is 2.38. The van der Waals surface area contributed by atoms with E-state index in [1.807, 2.05) is 0 Å². The van der Waals surface area contributed by atoms with Gasteiger partial charge in [-0.2, -0.15) is 0 Å². The average molecular weight is 402 g/mol. The first-order chi connectivity index (χ1) is 9.18. The number of benzene rings is 1. The number of piperazine rings is 1. The van der Waals surface area contributed by atoms with Crippen LogP contribution in [-0.4, -0.2) is 36.2 Å². The summed E-state index contributed by atoms with van der Waals surface area (Å²) < 4.78 is 13.6. The Bertz CT molecular complexity index is 482. The van der Waals surface area contributed by atoms with Gasteiger partial charge in [-0.3, -0.25) is 4.90 Å². The third kappa shape index (κ3) is 4.02. The first kappa shape index (κ1) is 19.0. The smallest absolute Gasteiger partial charge is 0.141 e. The summed E-state index contributed by atoms with van der Waals surface area (Å²) in [5.41, 5.74) is 0.859. The van der Waals surface area contributed by atoms with Crippen LogP contribution in [0.2, 0.25) is 0 Å². The maximum atomic E-state index is 13.5. The second-order valence-corrected chi connectivity index (χ2v) is 6.16. The largest absolute Gasteiger partial charge is 0.506 e. The van der Waals surface area contributed by atoms with Crippen molar-refractivity contribution in [1.82, 2.24) is 10.2 Å². The van der Waals surface area contributed by atoms with Gasteiger partial charge in [-0.15, -0.1) is 24.8 Å². The lowest BCUT2D eigenvalue weighted by Gasteiger charge is -2.35. The van der Waals surface area contributed by atoms with Crippen LogP contribution in [0, 0.1) is 11.7 Å². The van der Waals surface area contributed by atoms with Crippen molar-refractivity contribution in [3.63, 3.8) is 0 Å². The molecule has 1 saturated carbocycles. The lowest BCUT2D eigenvalue weighted by molar-refractivity contribution is 0.153. The Hall–Kier alpha value is -0.0700. The molecule has 0 bridgehead atoms. The maximum Gasteiger partial charge on any atom is 0.141 e. The van der Waals surface area contributed by atoms with Crippen molar-refractivity contribution in [1.29, 1.82) is 0 Å². The van der Waals surface area contributed by atoms with Gasteiger partial charge in [-0.25, -0.2) is 4.39 Å². The number of aromatic hydroxyl groups is 1. The molecule has 0 amide bonds. The van der Waals surface area contributed by atoms with Crippen LogP contribution >= 0.6 is 40.7 Å². The lowest BCUT2D eigenvalue weighted by Crippen LogP contribution is -2.45. The van der Waals surface area contributed by atoms with Crippen molar-refractivity contribution in [2.45, 2.75) is 18.9 Å². The second-order valence-electron chi connectivity index (χ2n) is 5.37. The highest BCUT2D eigenvalue weighted by atomic mass is 79.9. The zero-order chi connectivity index (χ0) is 13.4. The molecule has 1 aliphatic carbocycles. The van der Waals surface area contributed by atoms with Crippen LogP contribution in [0.3, 0.4) is 0 Å². The van der Waals surface area contributed by atoms with Crippen molar-refractivity contribution in [3.05, 3.63) is 28.0 Å². The topological polar surface area (TPSA) is 35.5 Å². The van der Waals surface area contributed by atoms with Crippen LogP contribution in [0.4, 0.5) is 4.39 Å². The maximum absolute atomic E-state index is 13.5. The van der Waals surface area contributed by atoms with Gasteiger partial charge in [0.05, 0.1) is 4.47 Å². The number of hydrogen-bond acceptors (Lipinski definition) is 3. The molecule has 0 aromatic heterocycles. The number of nitrogens with zero attached hydrogens (tertiary/aromatic N) is 1.